The zero-order chi connectivity index (χ0) is 15.5. The largest absolute Gasteiger partial charge is 0.497 e. The average molecular weight is 296 g/mol. The lowest BCUT2D eigenvalue weighted by Gasteiger charge is -2.21. The first-order chi connectivity index (χ1) is 10.7. The number of hydrogen-bond donors (Lipinski definition) is 1. The molecule has 0 aromatic heterocycles. The van der Waals surface area contributed by atoms with E-state index in [0.717, 1.165) is 17.7 Å². The Balaban J connectivity index is 1.78. The molecular formula is C18H20N2O2. The molecule has 2 aromatic rings. The van der Waals surface area contributed by atoms with Crippen molar-refractivity contribution in [2.75, 3.05) is 13.7 Å². The molecule has 4 nitrogen and oxygen atoms in total. The highest BCUT2D eigenvalue weighted by Crippen LogP contribution is 2.32. The van der Waals surface area contributed by atoms with Gasteiger partial charge in [0.15, 0.2) is 0 Å². The van der Waals surface area contributed by atoms with Gasteiger partial charge in [-0.25, -0.2) is 0 Å². The van der Waals surface area contributed by atoms with Gasteiger partial charge in [-0.3, -0.25) is 4.79 Å². The number of methoxy groups -OCH3 is 1. The van der Waals surface area contributed by atoms with Gasteiger partial charge in [0.25, 0.3) is 5.91 Å². The molecule has 2 N–H and O–H groups in total. The SMILES string of the molecule is COc1cccc(C2CC(N)N(C(=O)c3ccccc3)C2)c1. The van der Waals surface area contributed by atoms with Gasteiger partial charge < -0.3 is 15.4 Å². The molecule has 2 aromatic carbocycles. The van der Waals surface area contributed by atoms with Gasteiger partial charge in [0.2, 0.25) is 0 Å². The highest BCUT2D eigenvalue weighted by Gasteiger charge is 2.34. The second-order valence-electron chi connectivity index (χ2n) is 5.60. The lowest BCUT2D eigenvalue weighted by Crippen LogP contribution is -2.41. The van der Waals surface area contributed by atoms with Gasteiger partial charge in [-0.05, 0) is 36.2 Å². The maximum absolute atomic E-state index is 12.6. The van der Waals surface area contributed by atoms with Crippen LogP contribution in [0.1, 0.15) is 28.3 Å². The van der Waals surface area contributed by atoms with Crippen molar-refractivity contribution in [1.29, 1.82) is 0 Å². The molecule has 0 aliphatic carbocycles. The lowest BCUT2D eigenvalue weighted by molar-refractivity contribution is 0.0739. The molecule has 1 fully saturated rings. The summed E-state index contributed by atoms with van der Waals surface area (Å²) in [6.07, 6.45) is 0.523. The van der Waals surface area contributed by atoms with Crippen molar-refractivity contribution in [2.24, 2.45) is 5.73 Å². The third-order valence-corrected chi connectivity index (χ3v) is 4.19. The van der Waals surface area contributed by atoms with Gasteiger partial charge in [0, 0.05) is 18.0 Å². The summed E-state index contributed by atoms with van der Waals surface area (Å²) in [5.41, 5.74) is 8.04. The molecule has 0 saturated carbocycles. The van der Waals surface area contributed by atoms with Crippen LogP contribution in [0.2, 0.25) is 0 Å². The molecule has 3 rings (SSSR count). The number of carbonyl (C=O) groups excluding carboxylic acids is 1. The van der Waals surface area contributed by atoms with E-state index in [9.17, 15) is 4.79 Å². The van der Waals surface area contributed by atoms with Crippen LogP contribution in [0, 0.1) is 0 Å². The van der Waals surface area contributed by atoms with Gasteiger partial charge in [-0.1, -0.05) is 30.3 Å². The van der Waals surface area contributed by atoms with E-state index in [-0.39, 0.29) is 18.0 Å². The molecule has 114 valence electrons. The van der Waals surface area contributed by atoms with Crippen molar-refractivity contribution < 1.29 is 9.53 Å². The number of carbonyl (C=O) groups is 1. The molecule has 1 aliphatic heterocycles. The van der Waals surface area contributed by atoms with E-state index in [1.807, 2.05) is 48.5 Å². The molecule has 1 heterocycles. The van der Waals surface area contributed by atoms with Crippen LogP contribution in [-0.4, -0.2) is 30.6 Å². The maximum Gasteiger partial charge on any atom is 0.255 e. The van der Waals surface area contributed by atoms with E-state index < -0.39 is 0 Å². The first-order valence-electron chi connectivity index (χ1n) is 7.44. The van der Waals surface area contributed by atoms with Gasteiger partial charge >= 0.3 is 0 Å². The Kier molecular flexibility index (Phi) is 4.11. The molecule has 0 bridgehead atoms. The second-order valence-corrected chi connectivity index (χ2v) is 5.60. The van der Waals surface area contributed by atoms with Crippen LogP contribution < -0.4 is 10.5 Å². The number of rotatable bonds is 3. The lowest BCUT2D eigenvalue weighted by atomic mass is 9.98. The topological polar surface area (TPSA) is 55.6 Å². The van der Waals surface area contributed by atoms with Gasteiger partial charge in [0.05, 0.1) is 13.3 Å². The number of nitrogens with two attached hydrogens (primary N) is 1. The maximum atomic E-state index is 12.6. The van der Waals surface area contributed by atoms with Crippen molar-refractivity contribution >= 4 is 5.91 Å². The predicted octanol–water partition coefficient (Wildman–Crippen LogP) is 2.61. The van der Waals surface area contributed by atoms with Crippen LogP contribution in [0.15, 0.2) is 54.6 Å². The fraction of sp³-hybridized carbons (Fsp3) is 0.278. The quantitative estimate of drug-likeness (QED) is 0.947. The zero-order valence-corrected chi connectivity index (χ0v) is 12.6. The van der Waals surface area contributed by atoms with Gasteiger partial charge in [-0.2, -0.15) is 0 Å². The van der Waals surface area contributed by atoms with Crippen LogP contribution in [0.5, 0.6) is 5.75 Å². The summed E-state index contributed by atoms with van der Waals surface area (Å²) in [5.74, 6) is 1.08. The molecule has 2 atom stereocenters. The summed E-state index contributed by atoms with van der Waals surface area (Å²) in [6, 6.07) is 17.3. The highest BCUT2D eigenvalue weighted by atomic mass is 16.5. The number of nitrogens with zero attached hydrogens (tertiary/aromatic N) is 1. The van der Waals surface area contributed by atoms with Crippen molar-refractivity contribution in [3.8, 4) is 5.75 Å². The molecule has 2 unspecified atom stereocenters. The highest BCUT2D eigenvalue weighted by molar-refractivity contribution is 5.94. The fourth-order valence-corrected chi connectivity index (χ4v) is 2.98. The summed E-state index contributed by atoms with van der Waals surface area (Å²) in [7, 11) is 1.66. The summed E-state index contributed by atoms with van der Waals surface area (Å²) >= 11 is 0. The van der Waals surface area contributed by atoms with E-state index in [1.165, 1.54) is 0 Å². The number of likely N-dealkylation sites (tertiary alicyclic amines) is 1. The molecule has 1 aliphatic rings. The summed E-state index contributed by atoms with van der Waals surface area (Å²) in [4.78, 5) is 14.3. The van der Waals surface area contributed by atoms with Crippen molar-refractivity contribution in [3.05, 3.63) is 65.7 Å². The smallest absolute Gasteiger partial charge is 0.255 e. The minimum Gasteiger partial charge on any atom is -0.497 e. The zero-order valence-electron chi connectivity index (χ0n) is 12.6. The third kappa shape index (κ3) is 2.83. The number of hydrogen-bond acceptors (Lipinski definition) is 3. The Labute approximate surface area is 130 Å². The molecule has 1 saturated heterocycles. The predicted molar refractivity (Wildman–Crippen MR) is 85.8 cm³/mol. The third-order valence-electron chi connectivity index (χ3n) is 4.19. The standard InChI is InChI=1S/C18H20N2O2/c1-22-16-9-5-8-14(10-16)15-11-17(19)20(12-15)18(21)13-6-3-2-4-7-13/h2-10,15,17H,11-12,19H2,1H3. The summed E-state index contributed by atoms with van der Waals surface area (Å²) in [6.45, 7) is 0.641. The van der Waals surface area contributed by atoms with E-state index in [0.29, 0.717) is 12.1 Å². The number of benzene rings is 2. The van der Waals surface area contributed by atoms with E-state index in [1.54, 1.807) is 12.0 Å². The van der Waals surface area contributed by atoms with Crippen molar-refractivity contribution in [2.45, 2.75) is 18.5 Å². The second kappa shape index (κ2) is 6.20. The Bertz CT molecular complexity index is 657. The average Bonchev–Trinajstić information content (AvgIpc) is 2.97. The Morgan fingerprint density at radius 3 is 2.68 bits per heavy atom. The molecule has 4 heteroatoms. The van der Waals surface area contributed by atoms with E-state index in [2.05, 4.69) is 6.07 Å². The summed E-state index contributed by atoms with van der Waals surface area (Å²) in [5, 5.41) is 0. The van der Waals surface area contributed by atoms with E-state index in [4.69, 9.17) is 10.5 Å². The Hall–Kier alpha value is -2.33. The molecule has 22 heavy (non-hydrogen) atoms. The number of amides is 1. The molecule has 1 amide bonds. The van der Waals surface area contributed by atoms with Crippen molar-refractivity contribution in [3.63, 3.8) is 0 Å². The summed E-state index contributed by atoms with van der Waals surface area (Å²) < 4.78 is 5.27. The minimum atomic E-state index is -0.246. The normalized spacial score (nSPS) is 20.9. The van der Waals surface area contributed by atoms with Crippen molar-refractivity contribution in [1.82, 2.24) is 4.90 Å². The van der Waals surface area contributed by atoms with Crippen LogP contribution in [-0.2, 0) is 0 Å². The minimum absolute atomic E-state index is 0.00139. The van der Waals surface area contributed by atoms with Crippen LogP contribution in [0.3, 0.4) is 0 Å². The van der Waals surface area contributed by atoms with Crippen LogP contribution in [0.4, 0.5) is 0 Å². The fourth-order valence-electron chi connectivity index (χ4n) is 2.98. The molecule has 0 spiro atoms. The first-order valence-corrected chi connectivity index (χ1v) is 7.44. The molecular weight excluding hydrogens is 276 g/mol. The van der Waals surface area contributed by atoms with Gasteiger partial charge in [0.1, 0.15) is 5.75 Å². The van der Waals surface area contributed by atoms with Crippen LogP contribution in [0.25, 0.3) is 0 Å². The van der Waals surface area contributed by atoms with Crippen LogP contribution >= 0.6 is 0 Å². The Morgan fingerprint density at radius 2 is 1.95 bits per heavy atom. The molecule has 0 radical (unpaired) electrons. The first kappa shape index (κ1) is 14.6. The van der Waals surface area contributed by atoms with E-state index >= 15 is 0 Å². The monoisotopic (exact) mass is 296 g/mol. The van der Waals surface area contributed by atoms with Gasteiger partial charge in [-0.15, -0.1) is 0 Å². The Morgan fingerprint density at radius 1 is 1.18 bits per heavy atom. The number of ether oxygens (including phenoxy) is 1.